The fourth-order valence-electron chi connectivity index (χ4n) is 9.47. The first-order chi connectivity index (χ1) is 33.1. The second-order valence-electron chi connectivity index (χ2n) is 17.5. The minimum atomic E-state index is -4.58. The Labute approximate surface area is 395 Å². The van der Waals surface area contributed by atoms with Crippen LogP contribution in [0.4, 0.5) is 35.1 Å². The van der Waals surface area contributed by atoms with Crippen LogP contribution < -0.4 is 0 Å². The highest BCUT2D eigenvalue weighted by Gasteiger charge is 2.48. The summed E-state index contributed by atoms with van der Waals surface area (Å²) in [5.41, 5.74) is 2.15. The van der Waals surface area contributed by atoms with E-state index in [0.29, 0.717) is 24.2 Å². The molecule has 366 valence electrons. The Kier molecular flexibility index (Phi) is 12.4. The van der Waals surface area contributed by atoms with Crippen LogP contribution in [0.25, 0.3) is 23.5 Å². The molecule has 4 aromatic carbocycles. The number of aliphatic hydroxyl groups is 1. The van der Waals surface area contributed by atoms with E-state index in [1.54, 1.807) is 46.0 Å². The number of rotatable bonds is 8. The fourth-order valence-corrected chi connectivity index (χ4v) is 12.5. The van der Waals surface area contributed by atoms with Crippen molar-refractivity contribution in [3.05, 3.63) is 166 Å². The number of hydrogen-bond donors (Lipinski definition) is 1. The van der Waals surface area contributed by atoms with Gasteiger partial charge in [0.2, 0.25) is 20.0 Å². The number of carbonyl (C=O) groups is 1. The van der Waals surface area contributed by atoms with E-state index in [0.717, 1.165) is 92.8 Å². The summed E-state index contributed by atoms with van der Waals surface area (Å²) >= 11 is 0. The van der Waals surface area contributed by atoms with Gasteiger partial charge in [-0.2, -0.15) is 45.2 Å². The Hall–Kier alpha value is -6.33. The van der Waals surface area contributed by atoms with Gasteiger partial charge < -0.3 is 9.90 Å². The zero-order chi connectivity index (χ0) is 50.0. The molecule has 1 N–H and O–H groups in total. The van der Waals surface area contributed by atoms with Crippen LogP contribution >= 0.6 is 0 Å². The SMILES string of the molecule is O=C[C@]12Cc3cnn(-c4ccc(F)cc4)c3C=C1CCN(S(=O)(=O)c1ccc(C(F)(F)F)cc1)C2.O=S(=O)(c1ccc(C(F)(F)F)cc1)N1CCC2=Cc3c(cnn3-c3ccc(F)cc3)C[C@]2(CO)C1. The van der Waals surface area contributed by atoms with Crippen molar-refractivity contribution in [3.63, 3.8) is 0 Å². The molecule has 6 aromatic rings. The van der Waals surface area contributed by atoms with E-state index in [4.69, 9.17) is 0 Å². The average molecular weight is 1010 g/mol. The number of alkyl halides is 6. The van der Waals surface area contributed by atoms with Crippen molar-refractivity contribution in [2.75, 3.05) is 32.8 Å². The summed E-state index contributed by atoms with van der Waals surface area (Å²) in [6, 6.07) is 18.4. The standard InChI is InChI=1S/C24H21F4N3O3S.C24H19F4N3O3S/c2*25-19-3-5-20(6-4-19)31-22-11-18-9-10-30(14-23(18,15-32)12-16(22)13-29-31)35(33,34)21-7-1-17(2-8-21)24(26,27)28/h1-8,11,13,32H,9-10,12,14-15H2;1-8,11,13,15H,9-10,12,14H2/t2*23-/m11/s1. The summed E-state index contributed by atoms with van der Waals surface area (Å²) in [5.74, 6) is -0.746. The summed E-state index contributed by atoms with van der Waals surface area (Å²) in [5, 5.41) is 19.2. The third kappa shape index (κ3) is 8.90. The number of halogens is 8. The lowest BCUT2D eigenvalue weighted by atomic mass is 9.69. The monoisotopic (exact) mass is 1010 g/mol. The summed E-state index contributed by atoms with van der Waals surface area (Å²) < 4.78 is 163. The van der Waals surface area contributed by atoms with Gasteiger partial charge in [-0.15, -0.1) is 0 Å². The van der Waals surface area contributed by atoms with Gasteiger partial charge in [0, 0.05) is 31.6 Å². The third-order valence-electron chi connectivity index (χ3n) is 13.3. The van der Waals surface area contributed by atoms with Gasteiger partial charge in [-0.1, -0.05) is 11.1 Å². The summed E-state index contributed by atoms with van der Waals surface area (Å²) in [7, 11) is -8.19. The van der Waals surface area contributed by atoms with Gasteiger partial charge in [-0.25, -0.2) is 35.0 Å². The highest BCUT2D eigenvalue weighted by molar-refractivity contribution is 7.89. The molecule has 22 heteroatoms. The van der Waals surface area contributed by atoms with Crippen LogP contribution in [0.5, 0.6) is 0 Å². The van der Waals surface area contributed by atoms with Gasteiger partial charge in [-0.3, -0.25) is 0 Å². The number of aromatic nitrogens is 4. The predicted molar refractivity (Wildman–Crippen MR) is 238 cm³/mol. The molecule has 0 radical (unpaired) electrons. The molecule has 2 aliphatic carbocycles. The van der Waals surface area contributed by atoms with Crippen molar-refractivity contribution >= 4 is 38.5 Å². The molecule has 4 aliphatic rings. The molecule has 0 spiro atoms. The topological polar surface area (TPSA) is 148 Å². The van der Waals surface area contributed by atoms with E-state index >= 15 is 0 Å². The Balaban J connectivity index is 0.000000174. The van der Waals surface area contributed by atoms with Crippen molar-refractivity contribution in [2.24, 2.45) is 10.8 Å². The van der Waals surface area contributed by atoms with Crippen LogP contribution in [0.15, 0.2) is 130 Å². The lowest BCUT2D eigenvalue weighted by Gasteiger charge is -2.45. The van der Waals surface area contributed by atoms with Crippen LogP contribution in [-0.4, -0.2) is 89.2 Å². The second-order valence-corrected chi connectivity index (χ2v) is 21.4. The number of fused-ring (bicyclic) bond motifs is 4. The van der Waals surface area contributed by atoms with Crippen LogP contribution in [0.1, 0.15) is 46.5 Å². The van der Waals surface area contributed by atoms with Crippen molar-refractivity contribution in [3.8, 4) is 11.4 Å². The maximum Gasteiger partial charge on any atom is 0.416 e. The normalized spacial score (nSPS) is 20.7. The second kappa shape index (κ2) is 17.8. The first-order valence-electron chi connectivity index (χ1n) is 21.6. The average Bonchev–Trinajstić information content (AvgIpc) is 3.95. The van der Waals surface area contributed by atoms with Gasteiger partial charge in [0.05, 0.1) is 68.1 Å². The minimum absolute atomic E-state index is 0.0140. The third-order valence-corrected chi connectivity index (χ3v) is 17.0. The molecule has 0 amide bonds. The predicted octanol–water partition coefficient (Wildman–Crippen LogP) is 8.29. The molecule has 2 saturated heterocycles. The Morgan fingerprint density at radius 3 is 1.43 bits per heavy atom. The lowest BCUT2D eigenvalue weighted by Crippen LogP contribution is -2.51. The van der Waals surface area contributed by atoms with Crippen molar-refractivity contribution in [1.82, 2.24) is 28.2 Å². The first kappa shape index (κ1) is 48.7. The van der Waals surface area contributed by atoms with E-state index in [2.05, 4.69) is 10.2 Å². The highest BCUT2D eigenvalue weighted by atomic mass is 32.2. The zero-order valence-electron chi connectivity index (χ0n) is 36.5. The highest BCUT2D eigenvalue weighted by Crippen LogP contribution is 2.46. The van der Waals surface area contributed by atoms with Gasteiger partial charge in [-0.05, 0) is 146 Å². The molecule has 0 saturated carbocycles. The quantitative estimate of drug-likeness (QED) is 0.118. The molecule has 0 unspecified atom stereocenters. The first-order valence-corrected chi connectivity index (χ1v) is 24.4. The molecule has 70 heavy (non-hydrogen) atoms. The van der Waals surface area contributed by atoms with Gasteiger partial charge in [0.15, 0.2) is 0 Å². The van der Waals surface area contributed by atoms with Gasteiger partial charge in [0.1, 0.15) is 17.9 Å². The number of benzene rings is 4. The Morgan fingerprint density at radius 1 is 0.586 bits per heavy atom. The molecule has 2 aromatic heterocycles. The van der Waals surface area contributed by atoms with E-state index in [1.807, 2.05) is 12.2 Å². The van der Waals surface area contributed by atoms with E-state index in [1.165, 1.54) is 28.6 Å². The molecule has 10 rings (SSSR count). The number of aliphatic hydroxyl groups excluding tert-OH is 1. The van der Waals surface area contributed by atoms with Crippen molar-refractivity contribution < 1.29 is 61.9 Å². The molecule has 12 nitrogen and oxygen atoms in total. The lowest BCUT2D eigenvalue weighted by molar-refractivity contribution is -0.138. The van der Waals surface area contributed by atoms with E-state index < -0.39 is 54.4 Å². The van der Waals surface area contributed by atoms with Crippen molar-refractivity contribution in [2.45, 2.75) is 47.8 Å². The summed E-state index contributed by atoms with van der Waals surface area (Å²) in [6.45, 7) is -0.256. The Bertz CT molecular complexity index is 3260. The molecular weight excluding hydrogens is 973 g/mol. The number of carbonyl (C=O) groups excluding carboxylic acids is 1. The number of sulfonamides is 2. The van der Waals surface area contributed by atoms with Crippen LogP contribution in [0.2, 0.25) is 0 Å². The van der Waals surface area contributed by atoms with Crippen LogP contribution in [0.3, 0.4) is 0 Å². The molecule has 2 atom stereocenters. The molecule has 0 bridgehead atoms. The van der Waals surface area contributed by atoms with E-state index in [-0.39, 0.29) is 67.1 Å². The van der Waals surface area contributed by atoms with Crippen LogP contribution in [0, 0.1) is 22.5 Å². The van der Waals surface area contributed by atoms with E-state index in [9.17, 15) is 61.9 Å². The molecule has 2 fully saturated rings. The fraction of sp³-hybridized carbons (Fsp3) is 0.271. The molecular formula is C48H40F8N6O6S2. The minimum Gasteiger partial charge on any atom is -0.395 e. The van der Waals surface area contributed by atoms with Crippen molar-refractivity contribution in [1.29, 1.82) is 0 Å². The smallest absolute Gasteiger partial charge is 0.395 e. The van der Waals surface area contributed by atoms with Gasteiger partial charge >= 0.3 is 12.4 Å². The Morgan fingerprint density at radius 2 is 1.00 bits per heavy atom. The number of piperidine rings is 2. The maximum atomic E-state index is 13.3. The van der Waals surface area contributed by atoms with Crippen LogP contribution in [-0.2, 0) is 50.0 Å². The summed E-state index contributed by atoms with van der Waals surface area (Å²) in [6.07, 6.45) is -0.263. The number of aldehydes is 1. The number of hydrogen-bond acceptors (Lipinski definition) is 8. The maximum absolute atomic E-state index is 13.3. The van der Waals surface area contributed by atoms with Gasteiger partial charge in [0.25, 0.3) is 0 Å². The molecule has 2 aliphatic heterocycles. The largest absolute Gasteiger partial charge is 0.416 e. The zero-order valence-corrected chi connectivity index (χ0v) is 38.1. The summed E-state index contributed by atoms with van der Waals surface area (Å²) in [4.78, 5) is 11.9. The number of nitrogens with zero attached hydrogens (tertiary/aromatic N) is 6. The molecule has 4 heterocycles.